The number of nitro groups is 1. The van der Waals surface area contributed by atoms with Crippen LogP contribution in [0.3, 0.4) is 0 Å². The second-order valence-corrected chi connectivity index (χ2v) is 6.39. The Labute approximate surface area is 120 Å². The van der Waals surface area contributed by atoms with E-state index in [4.69, 9.17) is 0 Å². The number of anilines is 1. The predicted octanol–water partition coefficient (Wildman–Crippen LogP) is 2.74. The summed E-state index contributed by atoms with van der Waals surface area (Å²) < 4.78 is 0. The largest absolute Gasteiger partial charge is 0.481 e. The number of hydrogen-bond acceptors (Lipinski definition) is 6. The third kappa shape index (κ3) is 3.06. The van der Waals surface area contributed by atoms with E-state index in [1.807, 2.05) is 0 Å². The Kier molecular flexibility index (Phi) is 4.22. The van der Waals surface area contributed by atoms with Crippen LogP contribution in [0.15, 0.2) is 6.20 Å². The number of nitrogens with zero attached hydrogens (tertiary/aromatic N) is 2. The molecule has 110 valence electrons. The molecule has 0 radical (unpaired) electrons. The van der Waals surface area contributed by atoms with E-state index in [2.05, 4.69) is 17.2 Å². The van der Waals surface area contributed by atoms with Crippen LogP contribution in [0.2, 0.25) is 0 Å². The maximum absolute atomic E-state index is 11.6. The summed E-state index contributed by atoms with van der Waals surface area (Å²) in [7, 11) is 0. The van der Waals surface area contributed by atoms with E-state index in [1.165, 1.54) is 6.20 Å². The average molecular weight is 299 g/mol. The summed E-state index contributed by atoms with van der Waals surface area (Å²) in [5.41, 5.74) is -0.785. The lowest BCUT2D eigenvalue weighted by Crippen LogP contribution is -2.41. The molecule has 1 aromatic rings. The van der Waals surface area contributed by atoms with E-state index in [0.717, 1.165) is 24.2 Å². The van der Waals surface area contributed by atoms with Crippen molar-refractivity contribution in [2.75, 3.05) is 11.9 Å². The van der Waals surface area contributed by atoms with Gasteiger partial charge in [0.2, 0.25) is 0 Å². The van der Waals surface area contributed by atoms with Gasteiger partial charge in [-0.3, -0.25) is 14.9 Å². The highest BCUT2D eigenvalue weighted by molar-refractivity contribution is 7.18. The van der Waals surface area contributed by atoms with Crippen LogP contribution in [0.1, 0.15) is 32.6 Å². The Balaban J connectivity index is 2.02. The molecule has 20 heavy (non-hydrogen) atoms. The molecule has 1 fully saturated rings. The van der Waals surface area contributed by atoms with Gasteiger partial charge in [0.1, 0.15) is 6.20 Å². The minimum absolute atomic E-state index is 0.0471. The first kappa shape index (κ1) is 14.7. The topological polar surface area (TPSA) is 105 Å². The molecule has 0 bridgehead atoms. The van der Waals surface area contributed by atoms with Gasteiger partial charge in [0, 0.05) is 6.54 Å². The highest BCUT2D eigenvalue weighted by atomic mass is 32.1. The smallest absolute Gasteiger partial charge is 0.345 e. The molecule has 1 aromatic heterocycles. The average Bonchev–Trinajstić information content (AvgIpc) is 2.87. The minimum Gasteiger partial charge on any atom is -0.481 e. The molecule has 0 unspecified atom stereocenters. The fourth-order valence-electron chi connectivity index (χ4n) is 2.46. The number of rotatable bonds is 5. The molecule has 2 N–H and O–H groups in total. The van der Waals surface area contributed by atoms with E-state index in [0.29, 0.717) is 23.9 Å². The summed E-state index contributed by atoms with van der Waals surface area (Å²) in [6, 6.07) is 0. The van der Waals surface area contributed by atoms with Crippen LogP contribution in [-0.2, 0) is 4.79 Å². The Morgan fingerprint density at radius 2 is 2.30 bits per heavy atom. The zero-order valence-electron chi connectivity index (χ0n) is 11.2. The van der Waals surface area contributed by atoms with Gasteiger partial charge in [-0.2, -0.15) is 0 Å². The van der Waals surface area contributed by atoms with E-state index < -0.39 is 16.3 Å². The fraction of sp³-hybridized carbons (Fsp3) is 0.667. The molecule has 1 aliphatic carbocycles. The first-order chi connectivity index (χ1) is 9.43. The van der Waals surface area contributed by atoms with E-state index in [1.54, 1.807) is 0 Å². The minimum atomic E-state index is -0.803. The number of aromatic nitrogens is 1. The molecular weight excluding hydrogens is 282 g/mol. The maximum atomic E-state index is 11.6. The standard InChI is InChI=1S/C12H17N3O4S/c1-8-2-4-12(5-3-8,10(16)17)7-14-11-13-6-9(20-11)15(18)19/h6,8H,2-5,7H2,1H3,(H,13,14)(H,16,17). The number of nitrogens with one attached hydrogen (secondary N) is 1. The maximum Gasteiger partial charge on any atom is 0.345 e. The van der Waals surface area contributed by atoms with Gasteiger partial charge < -0.3 is 10.4 Å². The molecule has 0 aromatic carbocycles. The molecule has 0 aliphatic heterocycles. The zero-order chi connectivity index (χ0) is 14.8. The summed E-state index contributed by atoms with van der Waals surface area (Å²) in [6.07, 6.45) is 4.23. The molecule has 0 saturated heterocycles. The van der Waals surface area contributed by atoms with Crippen LogP contribution in [0.5, 0.6) is 0 Å². The predicted molar refractivity (Wildman–Crippen MR) is 75.0 cm³/mol. The molecule has 7 nitrogen and oxygen atoms in total. The van der Waals surface area contributed by atoms with Crippen LogP contribution >= 0.6 is 11.3 Å². The molecule has 0 atom stereocenters. The molecule has 0 amide bonds. The number of carboxylic acids is 1. The zero-order valence-corrected chi connectivity index (χ0v) is 12.0. The van der Waals surface area contributed by atoms with Gasteiger partial charge in [-0.1, -0.05) is 6.92 Å². The van der Waals surface area contributed by atoms with Gasteiger partial charge in [0.25, 0.3) is 0 Å². The fourth-order valence-corrected chi connectivity index (χ4v) is 3.09. The normalized spacial score (nSPS) is 26.1. The van der Waals surface area contributed by atoms with Crippen LogP contribution in [0.4, 0.5) is 10.1 Å². The van der Waals surface area contributed by atoms with Crippen LogP contribution in [-0.4, -0.2) is 27.5 Å². The van der Waals surface area contributed by atoms with Crippen molar-refractivity contribution in [2.45, 2.75) is 32.6 Å². The lowest BCUT2D eigenvalue weighted by atomic mass is 9.71. The van der Waals surface area contributed by atoms with Gasteiger partial charge in [0.05, 0.1) is 10.3 Å². The first-order valence-corrected chi connectivity index (χ1v) is 7.32. The monoisotopic (exact) mass is 299 g/mol. The van der Waals surface area contributed by atoms with Crippen molar-refractivity contribution in [3.63, 3.8) is 0 Å². The van der Waals surface area contributed by atoms with Gasteiger partial charge >= 0.3 is 11.0 Å². The van der Waals surface area contributed by atoms with E-state index >= 15 is 0 Å². The van der Waals surface area contributed by atoms with E-state index in [-0.39, 0.29) is 11.5 Å². The molecule has 8 heteroatoms. The summed E-state index contributed by atoms with van der Waals surface area (Å²) in [5.74, 6) is -0.244. The third-order valence-corrected chi connectivity index (χ3v) is 4.84. The summed E-state index contributed by atoms with van der Waals surface area (Å²) in [5, 5.41) is 23.4. The summed E-state index contributed by atoms with van der Waals surface area (Å²) >= 11 is 0.926. The van der Waals surface area contributed by atoms with Crippen LogP contribution < -0.4 is 5.32 Å². The first-order valence-electron chi connectivity index (χ1n) is 6.50. The Morgan fingerprint density at radius 3 is 2.80 bits per heavy atom. The van der Waals surface area contributed by atoms with Crippen molar-refractivity contribution < 1.29 is 14.8 Å². The quantitative estimate of drug-likeness (QED) is 0.639. The molecule has 1 heterocycles. The number of thiazole rings is 1. The van der Waals surface area contributed by atoms with Crippen molar-refractivity contribution in [2.24, 2.45) is 11.3 Å². The second-order valence-electron chi connectivity index (χ2n) is 5.38. The number of hydrogen-bond donors (Lipinski definition) is 2. The highest BCUT2D eigenvalue weighted by Crippen LogP contribution is 2.39. The van der Waals surface area contributed by atoms with Crippen LogP contribution in [0.25, 0.3) is 0 Å². The SMILES string of the molecule is CC1CCC(CNc2ncc([N+](=O)[O-])s2)(C(=O)O)CC1. The molecule has 2 rings (SSSR count). The lowest BCUT2D eigenvalue weighted by Gasteiger charge is -2.35. The molecular formula is C12H17N3O4S. The van der Waals surface area contributed by atoms with Gasteiger partial charge in [-0.25, -0.2) is 4.98 Å². The molecule has 1 aliphatic rings. The summed E-state index contributed by atoms with van der Waals surface area (Å²) in [4.78, 5) is 25.5. The Hall–Kier alpha value is -1.70. The van der Waals surface area contributed by atoms with Crippen molar-refractivity contribution in [1.82, 2.24) is 4.98 Å². The third-order valence-electron chi connectivity index (χ3n) is 3.94. The molecule has 0 spiro atoms. The Morgan fingerprint density at radius 1 is 1.65 bits per heavy atom. The molecule has 1 saturated carbocycles. The highest BCUT2D eigenvalue weighted by Gasteiger charge is 2.41. The van der Waals surface area contributed by atoms with Gasteiger partial charge in [-0.15, -0.1) is 0 Å². The van der Waals surface area contributed by atoms with Crippen LogP contribution in [0, 0.1) is 21.4 Å². The number of carboxylic acid groups (broad SMARTS) is 1. The van der Waals surface area contributed by atoms with Crippen molar-refractivity contribution >= 4 is 27.4 Å². The van der Waals surface area contributed by atoms with Crippen molar-refractivity contribution in [3.05, 3.63) is 16.3 Å². The van der Waals surface area contributed by atoms with Gasteiger partial charge in [0.15, 0.2) is 5.13 Å². The summed E-state index contributed by atoms with van der Waals surface area (Å²) in [6.45, 7) is 2.39. The van der Waals surface area contributed by atoms with Gasteiger partial charge in [-0.05, 0) is 42.9 Å². The number of carbonyl (C=O) groups is 1. The Bertz CT molecular complexity index is 509. The van der Waals surface area contributed by atoms with Crippen molar-refractivity contribution in [1.29, 1.82) is 0 Å². The van der Waals surface area contributed by atoms with Crippen molar-refractivity contribution in [3.8, 4) is 0 Å². The lowest BCUT2D eigenvalue weighted by molar-refractivity contribution is -0.380. The number of aliphatic carboxylic acids is 1. The van der Waals surface area contributed by atoms with E-state index in [9.17, 15) is 20.0 Å². The second kappa shape index (κ2) is 5.74.